The summed E-state index contributed by atoms with van der Waals surface area (Å²) in [5.41, 5.74) is -0.139. The number of nitrogens with one attached hydrogen (secondary N) is 1. The maximum Gasteiger partial charge on any atom is 0.416 e. The van der Waals surface area contributed by atoms with Gasteiger partial charge in [-0.25, -0.2) is 0 Å². The molecule has 0 amide bonds. The molecule has 0 aliphatic carbocycles. The Balaban J connectivity index is 1.97. The molecule has 1 aliphatic rings. The number of alkyl halides is 3. The second kappa shape index (κ2) is 5.92. The third-order valence-corrected chi connectivity index (χ3v) is 3.54. The van der Waals surface area contributed by atoms with Gasteiger partial charge in [-0.3, -0.25) is 0 Å². The van der Waals surface area contributed by atoms with Gasteiger partial charge in [0, 0.05) is 6.04 Å². The van der Waals surface area contributed by atoms with Crippen molar-refractivity contribution in [1.82, 2.24) is 5.32 Å². The number of aliphatic hydroxyl groups excluding tert-OH is 1. The van der Waals surface area contributed by atoms with Gasteiger partial charge in [0.2, 0.25) is 0 Å². The van der Waals surface area contributed by atoms with Crippen molar-refractivity contribution in [2.45, 2.75) is 44.0 Å². The van der Waals surface area contributed by atoms with Crippen LogP contribution in [0.5, 0.6) is 0 Å². The Morgan fingerprint density at radius 1 is 1.21 bits per heavy atom. The molecule has 0 radical (unpaired) electrons. The minimum atomic E-state index is -4.32. The van der Waals surface area contributed by atoms with Crippen LogP contribution in [0.2, 0.25) is 0 Å². The van der Waals surface area contributed by atoms with Crippen molar-refractivity contribution >= 4 is 0 Å². The van der Waals surface area contributed by atoms with E-state index < -0.39 is 17.8 Å². The molecule has 2 rings (SSSR count). The fourth-order valence-corrected chi connectivity index (χ4v) is 2.43. The van der Waals surface area contributed by atoms with Gasteiger partial charge in [-0.05, 0) is 43.5 Å². The highest BCUT2D eigenvalue weighted by Gasteiger charge is 2.30. The molecule has 2 unspecified atom stereocenters. The van der Waals surface area contributed by atoms with Crippen LogP contribution in [-0.2, 0) is 6.18 Å². The summed E-state index contributed by atoms with van der Waals surface area (Å²) < 4.78 is 37.3. The summed E-state index contributed by atoms with van der Waals surface area (Å²) in [4.78, 5) is 0. The molecule has 5 heteroatoms. The zero-order chi connectivity index (χ0) is 13.9. The first kappa shape index (κ1) is 14.3. The Bertz CT molecular complexity index is 396. The average molecular weight is 273 g/mol. The Hall–Kier alpha value is -1.07. The van der Waals surface area contributed by atoms with E-state index in [9.17, 15) is 18.3 Å². The molecule has 1 aliphatic heterocycles. The molecular formula is C14H18F3NO. The number of hydrogen-bond acceptors (Lipinski definition) is 2. The van der Waals surface area contributed by atoms with E-state index in [0.29, 0.717) is 12.0 Å². The maximum atomic E-state index is 12.4. The first-order valence-electron chi connectivity index (χ1n) is 6.55. The highest BCUT2D eigenvalue weighted by molar-refractivity contribution is 5.26. The second-order valence-corrected chi connectivity index (χ2v) is 5.02. The largest absolute Gasteiger partial charge is 0.416 e. The fourth-order valence-electron chi connectivity index (χ4n) is 2.43. The van der Waals surface area contributed by atoms with E-state index in [1.807, 2.05) is 0 Å². The molecular weight excluding hydrogens is 255 g/mol. The summed E-state index contributed by atoms with van der Waals surface area (Å²) in [6.45, 7) is 0.949. The zero-order valence-corrected chi connectivity index (χ0v) is 10.6. The molecule has 2 N–H and O–H groups in total. The van der Waals surface area contributed by atoms with Crippen LogP contribution in [0.25, 0.3) is 0 Å². The maximum absolute atomic E-state index is 12.4. The Morgan fingerprint density at radius 3 is 2.42 bits per heavy atom. The van der Waals surface area contributed by atoms with Crippen LogP contribution >= 0.6 is 0 Å². The van der Waals surface area contributed by atoms with Crippen molar-refractivity contribution in [2.24, 2.45) is 0 Å². The molecule has 2 atom stereocenters. The van der Waals surface area contributed by atoms with Gasteiger partial charge in [0.25, 0.3) is 0 Å². The smallest absolute Gasteiger partial charge is 0.388 e. The number of hydrogen-bond donors (Lipinski definition) is 2. The molecule has 1 aromatic carbocycles. The number of aliphatic hydroxyl groups is 1. The predicted octanol–water partition coefficient (Wildman–Crippen LogP) is 3.27. The molecule has 0 bridgehead atoms. The number of piperidine rings is 1. The van der Waals surface area contributed by atoms with E-state index in [2.05, 4.69) is 5.32 Å². The van der Waals surface area contributed by atoms with Crippen LogP contribution in [-0.4, -0.2) is 17.7 Å². The van der Waals surface area contributed by atoms with Gasteiger partial charge in [-0.1, -0.05) is 18.6 Å². The predicted molar refractivity (Wildman–Crippen MR) is 66.7 cm³/mol. The van der Waals surface area contributed by atoms with Gasteiger partial charge in [0.05, 0.1) is 11.7 Å². The number of rotatable bonds is 3. The Kier molecular flexibility index (Phi) is 4.47. The zero-order valence-electron chi connectivity index (χ0n) is 10.6. The summed E-state index contributed by atoms with van der Waals surface area (Å²) in [5.74, 6) is 0. The van der Waals surface area contributed by atoms with Crippen LogP contribution in [0.1, 0.15) is 42.9 Å². The lowest BCUT2D eigenvalue weighted by Gasteiger charge is -2.25. The van der Waals surface area contributed by atoms with Crippen molar-refractivity contribution < 1.29 is 18.3 Å². The summed E-state index contributed by atoms with van der Waals surface area (Å²) in [6, 6.07) is 5.01. The molecule has 0 saturated carbocycles. The van der Waals surface area contributed by atoms with Gasteiger partial charge in [-0.2, -0.15) is 13.2 Å². The first-order valence-corrected chi connectivity index (χ1v) is 6.55. The van der Waals surface area contributed by atoms with E-state index in [0.717, 1.165) is 37.9 Å². The summed E-state index contributed by atoms with van der Waals surface area (Å²) in [6.07, 6.45) is -1.19. The van der Waals surface area contributed by atoms with Gasteiger partial charge in [0.1, 0.15) is 0 Å². The molecule has 1 heterocycles. The normalized spacial score (nSPS) is 22.2. The average Bonchev–Trinajstić information content (AvgIpc) is 2.39. The van der Waals surface area contributed by atoms with Gasteiger partial charge < -0.3 is 10.4 Å². The quantitative estimate of drug-likeness (QED) is 0.886. The van der Waals surface area contributed by atoms with Crippen LogP contribution in [0, 0.1) is 0 Å². The number of halogens is 3. The molecule has 1 aromatic rings. The van der Waals surface area contributed by atoms with Crippen LogP contribution in [0.3, 0.4) is 0 Å². The lowest BCUT2D eigenvalue weighted by molar-refractivity contribution is -0.137. The molecule has 1 fully saturated rings. The molecule has 2 nitrogen and oxygen atoms in total. The van der Waals surface area contributed by atoms with E-state index in [4.69, 9.17) is 0 Å². The van der Waals surface area contributed by atoms with Crippen molar-refractivity contribution in [2.75, 3.05) is 6.54 Å². The molecule has 19 heavy (non-hydrogen) atoms. The topological polar surface area (TPSA) is 32.3 Å². The molecule has 0 aromatic heterocycles. The first-order chi connectivity index (χ1) is 8.97. The van der Waals surface area contributed by atoms with Gasteiger partial charge in [0.15, 0.2) is 0 Å². The third-order valence-electron chi connectivity index (χ3n) is 3.54. The Morgan fingerprint density at radius 2 is 1.89 bits per heavy atom. The van der Waals surface area contributed by atoms with Crippen molar-refractivity contribution in [3.8, 4) is 0 Å². The van der Waals surface area contributed by atoms with Crippen molar-refractivity contribution in [3.05, 3.63) is 35.4 Å². The number of benzene rings is 1. The summed E-state index contributed by atoms with van der Waals surface area (Å²) in [7, 11) is 0. The van der Waals surface area contributed by atoms with Crippen molar-refractivity contribution in [1.29, 1.82) is 0 Å². The minimum Gasteiger partial charge on any atom is -0.388 e. The van der Waals surface area contributed by atoms with E-state index in [1.165, 1.54) is 12.1 Å². The lowest BCUT2D eigenvalue weighted by Crippen LogP contribution is -2.35. The summed E-state index contributed by atoms with van der Waals surface area (Å²) in [5, 5.41) is 13.4. The van der Waals surface area contributed by atoms with Crippen LogP contribution in [0.4, 0.5) is 13.2 Å². The van der Waals surface area contributed by atoms with Gasteiger partial charge >= 0.3 is 6.18 Å². The van der Waals surface area contributed by atoms with Gasteiger partial charge in [-0.15, -0.1) is 0 Å². The summed E-state index contributed by atoms with van der Waals surface area (Å²) >= 11 is 0. The highest BCUT2D eigenvalue weighted by atomic mass is 19.4. The molecule has 106 valence electrons. The monoisotopic (exact) mass is 273 g/mol. The minimum absolute atomic E-state index is 0.256. The van der Waals surface area contributed by atoms with E-state index in [-0.39, 0.29) is 6.04 Å². The molecule has 0 spiro atoms. The fraction of sp³-hybridized carbons (Fsp3) is 0.571. The third kappa shape index (κ3) is 3.94. The second-order valence-electron chi connectivity index (χ2n) is 5.02. The van der Waals surface area contributed by atoms with Crippen LogP contribution < -0.4 is 5.32 Å². The van der Waals surface area contributed by atoms with E-state index >= 15 is 0 Å². The van der Waals surface area contributed by atoms with Crippen LogP contribution in [0.15, 0.2) is 24.3 Å². The highest BCUT2D eigenvalue weighted by Crippen LogP contribution is 2.30. The van der Waals surface area contributed by atoms with E-state index in [1.54, 1.807) is 0 Å². The standard InChI is InChI=1S/C14H18F3NO/c15-14(16,17)11-6-4-10(5-7-11)13(19)9-12-3-1-2-8-18-12/h4-7,12-13,18-19H,1-3,8-9H2. The van der Waals surface area contributed by atoms with Crippen molar-refractivity contribution in [3.63, 3.8) is 0 Å². The molecule has 1 saturated heterocycles. The SMILES string of the molecule is OC(CC1CCCCN1)c1ccc(C(F)(F)F)cc1. The lowest BCUT2D eigenvalue weighted by atomic mass is 9.95. The Labute approximate surface area is 110 Å².